The molecule has 0 saturated carbocycles. The van der Waals surface area contributed by atoms with E-state index >= 15 is 0 Å². The number of aryl methyl sites for hydroxylation is 1. The number of aliphatic imine (C=N–C) groups is 1. The second kappa shape index (κ2) is 7.93. The first kappa shape index (κ1) is 16.5. The van der Waals surface area contributed by atoms with Crippen LogP contribution >= 0.6 is 15.9 Å². The molecule has 0 aliphatic rings. The Bertz CT molecular complexity index is 636. The highest BCUT2D eigenvalue weighted by Crippen LogP contribution is 2.17. The van der Waals surface area contributed by atoms with Crippen LogP contribution in [0.4, 0.5) is 0 Å². The smallest absolute Gasteiger partial charge is 0.194 e. The summed E-state index contributed by atoms with van der Waals surface area (Å²) in [6, 6.07) is 8.19. The van der Waals surface area contributed by atoms with Gasteiger partial charge >= 0.3 is 0 Å². The number of aromatic nitrogens is 3. The van der Waals surface area contributed by atoms with Crippen molar-refractivity contribution in [1.29, 1.82) is 0 Å². The summed E-state index contributed by atoms with van der Waals surface area (Å²) in [5, 5.41) is 11.4. The molecule has 1 N–H and O–H groups in total. The molecule has 6 nitrogen and oxygen atoms in total. The van der Waals surface area contributed by atoms with Gasteiger partial charge < -0.3 is 14.8 Å². The summed E-state index contributed by atoms with van der Waals surface area (Å²) >= 11 is 3.58. The predicted octanol–water partition coefficient (Wildman–Crippen LogP) is 2.27. The lowest BCUT2D eigenvalue weighted by atomic mass is 10.2. The Kier molecular flexibility index (Phi) is 5.94. The minimum atomic E-state index is 0.598. The van der Waals surface area contributed by atoms with Gasteiger partial charge in [-0.25, -0.2) is 0 Å². The van der Waals surface area contributed by atoms with Crippen LogP contribution in [0.3, 0.4) is 0 Å². The Labute approximate surface area is 139 Å². The van der Waals surface area contributed by atoms with E-state index in [-0.39, 0.29) is 0 Å². The molecule has 0 bridgehead atoms. The lowest BCUT2D eigenvalue weighted by molar-refractivity contribution is 0.473. The molecule has 0 amide bonds. The van der Waals surface area contributed by atoms with Gasteiger partial charge in [0.1, 0.15) is 6.33 Å². The molecule has 22 heavy (non-hydrogen) atoms. The third-order valence-electron chi connectivity index (χ3n) is 3.38. The lowest BCUT2D eigenvalue weighted by Gasteiger charge is -2.22. The number of nitrogens with zero attached hydrogens (tertiary/aromatic N) is 5. The summed E-state index contributed by atoms with van der Waals surface area (Å²) < 4.78 is 3.11. The summed E-state index contributed by atoms with van der Waals surface area (Å²) in [7, 11) is 3.79. The minimum Gasteiger partial charge on any atom is -0.349 e. The molecule has 0 aliphatic carbocycles. The van der Waals surface area contributed by atoms with E-state index in [0.717, 1.165) is 29.3 Å². The molecule has 0 radical (unpaired) electrons. The minimum absolute atomic E-state index is 0.598. The van der Waals surface area contributed by atoms with E-state index in [2.05, 4.69) is 54.3 Å². The third-order valence-corrected chi connectivity index (χ3v) is 4.15. The van der Waals surface area contributed by atoms with Crippen molar-refractivity contribution in [3.8, 4) is 0 Å². The maximum Gasteiger partial charge on any atom is 0.194 e. The van der Waals surface area contributed by atoms with Gasteiger partial charge in [-0.2, -0.15) is 0 Å². The third kappa shape index (κ3) is 4.07. The predicted molar refractivity (Wildman–Crippen MR) is 91.5 cm³/mol. The Balaban J connectivity index is 1.98. The van der Waals surface area contributed by atoms with E-state index in [0.29, 0.717) is 6.54 Å². The van der Waals surface area contributed by atoms with Crippen LogP contribution in [0.2, 0.25) is 0 Å². The second-order valence-electron chi connectivity index (χ2n) is 4.88. The number of hydrogen-bond donors (Lipinski definition) is 1. The zero-order chi connectivity index (χ0) is 15.9. The molecule has 1 aromatic heterocycles. The highest BCUT2D eigenvalue weighted by Gasteiger charge is 2.10. The fourth-order valence-corrected chi connectivity index (χ4v) is 2.59. The van der Waals surface area contributed by atoms with Crippen molar-refractivity contribution in [2.24, 2.45) is 4.99 Å². The lowest BCUT2D eigenvalue weighted by Crippen LogP contribution is -2.38. The van der Waals surface area contributed by atoms with Crippen LogP contribution in [0.5, 0.6) is 0 Å². The molecule has 0 aliphatic heterocycles. The van der Waals surface area contributed by atoms with Crippen LogP contribution in [0.15, 0.2) is 40.1 Å². The van der Waals surface area contributed by atoms with Crippen LogP contribution in [0.25, 0.3) is 0 Å². The Hall–Kier alpha value is -1.89. The molecule has 0 saturated heterocycles. The van der Waals surface area contributed by atoms with Crippen LogP contribution in [-0.2, 0) is 19.6 Å². The fraction of sp³-hybridized carbons (Fsp3) is 0.400. The maximum absolute atomic E-state index is 4.33. The topological polar surface area (TPSA) is 58.3 Å². The van der Waals surface area contributed by atoms with Crippen molar-refractivity contribution in [1.82, 2.24) is 25.0 Å². The fourth-order valence-electron chi connectivity index (χ4n) is 2.18. The second-order valence-corrected chi connectivity index (χ2v) is 5.74. The Morgan fingerprint density at radius 2 is 2.18 bits per heavy atom. The molecule has 2 rings (SSSR count). The van der Waals surface area contributed by atoms with Gasteiger partial charge in [-0.3, -0.25) is 4.99 Å². The zero-order valence-corrected chi connectivity index (χ0v) is 14.7. The van der Waals surface area contributed by atoms with Gasteiger partial charge in [0.05, 0.1) is 6.54 Å². The standard InChI is InChI=1S/C15H21BrN6/c1-4-22-11-19-20-14(22)9-18-15(17-2)21(3)10-12-7-5-6-8-13(12)16/h5-8,11H,4,9-10H2,1-3H3,(H,17,18). The molecule has 0 unspecified atom stereocenters. The van der Waals surface area contributed by atoms with Gasteiger partial charge in [0.2, 0.25) is 0 Å². The maximum atomic E-state index is 4.33. The first-order chi connectivity index (χ1) is 10.7. The first-order valence-electron chi connectivity index (χ1n) is 7.17. The van der Waals surface area contributed by atoms with E-state index in [9.17, 15) is 0 Å². The van der Waals surface area contributed by atoms with Gasteiger partial charge in [-0.1, -0.05) is 34.1 Å². The molecular formula is C15H21BrN6. The average molecular weight is 365 g/mol. The van der Waals surface area contributed by atoms with Crippen molar-refractivity contribution in [3.05, 3.63) is 46.5 Å². The van der Waals surface area contributed by atoms with Gasteiger partial charge in [-0.15, -0.1) is 10.2 Å². The van der Waals surface area contributed by atoms with Crippen LogP contribution in [0, 0.1) is 0 Å². The summed E-state index contributed by atoms with van der Waals surface area (Å²) in [6.45, 7) is 4.29. The quantitative estimate of drug-likeness (QED) is 0.652. The first-order valence-corrected chi connectivity index (χ1v) is 7.96. The molecule has 0 atom stereocenters. The van der Waals surface area contributed by atoms with Crippen LogP contribution < -0.4 is 5.32 Å². The normalized spacial score (nSPS) is 11.5. The SMILES string of the molecule is CCn1cnnc1CNC(=NC)N(C)Cc1ccccc1Br. The van der Waals surface area contributed by atoms with Gasteiger partial charge in [0.15, 0.2) is 11.8 Å². The molecule has 0 fully saturated rings. The van der Waals surface area contributed by atoms with E-state index < -0.39 is 0 Å². The van der Waals surface area contributed by atoms with E-state index in [1.165, 1.54) is 5.56 Å². The van der Waals surface area contributed by atoms with Gasteiger partial charge in [0, 0.05) is 31.7 Å². The molecular weight excluding hydrogens is 344 g/mol. The highest BCUT2D eigenvalue weighted by atomic mass is 79.9. The van der Waals surface area contributed by atoms with Gasteiger partial charge in [0.25, 0.3) is 0 Å². The molecule has 2 aromatic rings. The van der Waals surface area contributed by atoms with E-state index in [4.69, 9.17) is 0 Å². The highest BCUT2D eigenvalue weighted by molar-refractivity contribution is 9.10. The summed E-state index contributed by atoms with van der Waals surface area (Å²) in [5.41, 5.74) is 1.21. The molecule has 0 spiro atoms. The van der Waals surface area contributed by atoms with E-state index in [1.807, 2.05) is 29.8 Å². The van der Waals surface area contributed by atoms with Crippen molar-refractivity contribution in [2.45, 2.75) is 26.6 Å². The van der Waals surface area contributed by atoms with Crippen molar-refractivity contribution >= 4 is 21.9 Å². The molecule has 118 valence electrons. The molecule has 1 heterocycles. The van der Waals surface area contributed by atoms with Crippen LogP contribution in [-0.4, -0.2) is 39.7 Å². The van der Waals surface area contributed by atoms with E-state index in [1.54, 1.807) is 13.4 Å². The van der Waals surface area contributed by atoms with Crippen molar-refractivity contribution < 1.29 is 0 Å². The largest absolute Gasteiger partial charge is 0.349 e. The number of nitrogens with one attached hydrogen (secondary N) is 1. The average Bonchev–Trinajstić information content (AvgIpc) is 2.98. The molecule has 7 heteroatoms. The Morgan fingerprint density at radius 1 is 1.41 bits per heavy atom. The van der Waals surface area contributed by atoms with Gasteiger partial charge in [-0.05, 0) is 18.6 Å². The number of benzene rings is 1. The number of halogens is 1. The number of guanidine groups is 1. The zero-order valence-electron chi connectivity index (χ0n) is 13.1. The number of hydrogen-bond acceptors (Lipinski definition) is 3. The molecule has 1 aromatic carbocycles. The summed E-state index contributed by atoms with van der Waals surface area (Å²) in [5.74, 6) is 1.72. The summed E-state index contributed by atoms with van der Waals surface area (Å²) in [4.78, 5) is 6.40. The van der Waals surface area contributed by atoms with Crippen LogP contribution in [0.1, 0.15) is 18.3 Å². The summed E-state index contributed by atoms with van der Waals surface area (Å²) in [6.07, 6.45) is 1.74. The monoisotopic (exact) mass is 364 g/mol. The van der Waals surface area contributed by atoms with Crippen molar-refractivity contribution in [3.63, 3.8) is 0 Å². The van der Waals surface area contributed by atoms with Crippen molar-refractivity contribution in [2.75, 3.05) is 14.1 Å². The number of rotatable bonds is 5. The Morgan fingerprint density at radius 3 is 2.86 bits per heavy atom.